The molecule has 0 atom stereocenters. The zero-order valence-electron chi connectivity index (χ0n) is 7.85. The van der Waals surface area contributed by atoms with E-state index in [4.69, 9.17) is 4.74 Å². The molecule has 0 aliphatic carbocycles. The molecule has 1 saturated heterocycles. The number of nitrogens with one attached hydrogen (secondary N) is 1. The smallest absolute Gasteiger partial charge is 0.327 e. The van der Waals surface area contributed by atoms with Crippen LogP contribution in [0.5, 0.6) is 0 Å². The van der Waals surface area contributed by atoms with Gasteiger partial charge in [-0.1, -0.05) is 0 Å². The molecule has 2 heterocycles. The standard InChI is InChI=1S/C9H13N3O2/c13-9(12-4-3-10-7-12)11-8-1-5-14-6-2-8/h3-4,7-8H,1-2,5-6H2,(H,11,13). The third-order valence-electron chi connectivity index (χ3n) is 2.29. The first-order valence-corrected chi connectivity index (χ1v) is 4.73. The number of rotatable bonds is 1. The molecule has 1 amide bonds. The highest BCUT2D eigenvalue weighted by atomic mass is 16.5. The van der Waals surface area contributed by atoms with Crippen molar-refractivity contribution in [1.29, 1.82) is 0 Å². The van der Waals surface area contributed by atoms with E-state index in [9.17, 15) is 4.79 Å². The lowest BCUT2D eigenvalue weighted by atomic mass is 10.1. The molecule has 0 saturated carbocycles. The van der Waals surface area contributed by atoms with Gasteiger partial charge in [0.2, 0.25) is 0 Å². The van der Waals surface area contributed by atoms with Gasteiger partial charge >= 0.3 is 6.03 Å². The molecule has 1 aromatic rings. The lowest BCUT2D eigenvalue weighted by molar-refractivity contribution is 0.0801. The number of amides is 1. The van der Waals surface area contributed by atoms with Gasteiger partial charge in [-0.15, -0.1) is 0 Å². The van der Waals surface area contributed by atoms with E-state index in [1.54, 1.807) is 12.4 Å². The Bertz CT molecular complexity index is 291. The SMILES string of the molecule is O=C(NC1CCOCC1)n1ccnc1. The summed E-state index contributed by atoms with van der Waals surface area (Å²) >= 11 is 0. The van der Waals surface area contributed by atoms with Crippen LogP contribution >= 0.6 is 0 Å². The molecule has 1 fully saturated rings. The minimum absolute atomic E-state index is 0.116. The third kappa shape index (κ3) is 2.11. The molecule has 5 nitrogen and oxygen atoms in total. The van der Waals surface area contributed by atoms with E-state index in [0.717, 1.165) is 26.1 Å². The van der Waals surface area contributed by atoms with E-state index in [2.05, 4.69) is 10.3 Å². The minimum atomic E-state index is -0.116. The molecule has 0 unspecified atom stereocenters. The summed E-state index contributed by atoms with van der Waals surface area (Å²) in [6.07, 6.45) is 6.49. The van der Waals surface area contributed by atoms with Gasteiger partial charge in [0.25, 0.3) is 0 Å². The molecule has 5 heteroatoms. The topological polar surface area (TPSA) is 56.1 Å². The van der Waals surface area contributed by atoms with Gasteiger partial charge < -0.3 is 10.1 Å². The van der Waals surface area contributed by atoms with Gasteiger partial charge in [0, 0.05) is 31.6 Å². The fourth-order valence-corrected chi connectivity index (χ4v) is 1.47. The first kappa shape index (κ1) is 9.21. The zero-order valence-corrected chi connectivity index (χ0v) is 7.85. The second-order valence-electron chi connectivity index (χ2n) is 3.31. The van der Waals surface area contributed by atoms with Crippen molar-refractivity contribution in [1.82, 2.24) is 14.9 Å². The monoisotopic (exact) mass is 195 g/mol. The molecule has 0 radical (unpaired) electrons. The van der Waals surface area contributed by atoms with Gasteiger partial charge in [0.05, 0.1) is 0 Å². The summed E-state index contributed by atoms with van der Waals surface area (Å²) in [5.41, 5.74) is 0. The summed E-state index contributed by atoms with van der Waals surface area (Å²) in [6.45, 7) is 1.46. The van der Waals surface area contributed by atoms with Gasteiger partial charge in [0.15, 0.2) is 0 Å². The van der Waals surface area contributed by atoms with Crippen LogP contribution in [0.2, 0.25) is 0 Å². The van der Waals surface area contributed by atoms with E-state index in [0.29, 0.717) is 0 Å². The highest BCUT2D eigenvalue weighted by Gasteiger charge is 2.16. The molecular formula is C9H13N3O2. The number of imidazole rings is 1. The molecule has 0 bridgehead atoms. The molecule has 1 N–H and O–H groups in total. The fourth-order valence-electron chi connectivity index (χ4n) is 1.47. The number of hydrogen-bond donors (Lipinski definition) is 1. The average molecular weight is 195 g/mol. The van der Waals surface area contributed by atoms with E-state index in [-0.39, 0.29) is 12.1 Å². The number of hydrogen-bond acceptors (Lipinski definition) is 3. The van der Waals surface area contributed by atoms with Crippen molar-refractivity contribution in [2.45, 2.75) is 18.9 Å². The Labute approximate surface area is 82.1 Å². The Balaban J connectivity index is 1.87. The highest BCUT2D eigenvalue weighted by molar-refractivity contribution is 5.76. The number of nitrogens with zero attached hydrogens (tertiary/aromatic N) is 2. The van der Waals surface area contributed by atoms with Crippen LogP contribution in [0.15, 0.2) is 18.7 Å². The van der Waals surface area contributed by atoms with Gasteiger partial charge in [-0.3, -0.25) is 4.57 Å². The van der Waals surface area contributed by atoms with Crippen molar-refractivity contribution < 1.29 is 9.53 Å². The Hall–Kier alpha value is -1.36. The molecule has 1 aromatic heterocycles. The predicted octanol–water partition coefficient (Wildman–Crippen LogP) is 0.620. The summed E-state index contributed by atoms with van der Waals surface area (Å²) in [5, 5.41) is 2.93. The van der Waals surface area contributed by atoms with Crippen molar-refractivity contribution in [2.24, 2.45) is 0 Å². The summed E-state index contributed by atoms with van der Waals surface area (Å²) in [7, 11) is 0. The van der Waals surface area contributed by atoms with Crippen LogP contribution in [0, 0.1) is 0 Å². The highest BCUT2D eigenvalue weighted by Crippen LogP contribution is 2.06. The van der Waals surface area contributed by atoms with E-state index >= 15 is 0 Å². The number of carbonyl (C=O) groups is 1. The lowest BCUT2D eigenvalue weighted by Crippen LogP contribution is -2.40. The molecular weight excluding hydrogens is 182 g/mol. The van der Waals surface area contributed by atoms with Crippen LogP contribution in [-0.2, 0) is 4.74 Å². The predicted molar refractivity (Wildman–Crippen MR) is 50.0 cm³/mol. The molecule has 14 heavy (non-hydrogen) atoms. The zero-order chi connectivity index (χ0) is 9.80. The van der Waals surface area contributed by atoms with Crippen molar-refractivity contribution >= 4 is 6.03 Å². The number of aromatic nitrogens is 2. The van der Waals surface area contributed by atoms with E-state index < -0.39 is 0 Å². The van der Waals surface area contributed by atoms with E-state index in [1.807, 2.05) is 0 Å². The molecule has 1 aliphatic heterocycles. The molecule has 1 aliphatic rings. The van der Waals surface area contributed by atoms with Crippen LogP contribution < -0.4 is 5.32 Å². The van der Waals surface area contributed by atoms with Crippen LogP contribution in [0.3, 0.4) is 0 Å². The Morgan fingerprint density at radius 1 is 1.50 bits per heavy atom. The fraction of sp³-hybridized carbons (Fsp3) is 0.556. The Morgan fingerprint density at radius 2 is 2.29 bits per heavy atom. The minimum Gasteiger partial charge on any atom is -0.381 e. The van der Waals surface area contributed by atoms with Gasteiger partial charge in [-0.25, -0.2) is 9.78 Å². The quantitative estimate of drug-likeness (QED) is 0.714. The molecule has 76 valence electrons. The van der Waals surface area contributed by atoms with Crippen molar-refractivity contribution in [3.05, 3.63) is 18.7 Å². The molecule has 2 rings (SSSR count). The first-order valence-electron chi connectivity index (χ1n) is 4.73. The summed E-state index contributed by atoms with van der Waals surface area (Å²) in [5.74, 6) is 0. The van der Waals surface area contributed by atoms with Gasteiger partial charge in [0.1, 0.15) is 6.33 Å². The van der Waals surface area contributed by atoms with Crippen LogP contribution in [-0.4, -0.2) is 34.8 Å². The van der Waals surface area contributed by atoms with Gasteiger partial charge in [-0.05, 0) is 12.8 Å². The van der Waals surface area contributed by atoms with Crippen LogP contribution in [0.25, 0.3) is 0 Å². The molecule has 0 aromatic carbocycles. The van der Waals surface area contributed by atoms with Crippen molar-refractivity contribution in [3.63, 3.8) is 0 Å². The maximum atomic E-state index is 11.5. The van der Waals surface area contributed by atoms with E-state index in [1.165, 1.54) is 10.9 Å². The maximum Gasteiger partial charge on any atom is 0.327 e. The van der Waals surface area contributed by atoms with Crippen molar-refractivity contribution in [2.75, 3.05) is 13.2 Å². The lowest BCUT2D eigenvalue weighted by Gasteiger charge is -2.22. The van der Waals surface area contributed by atoms with Crippen LogP contribution in [0.4, 0.5) is 4.79 Å². The Kier molecular flexibility index (Phi) is 2.78. The average Bonchev–Trinajstić information content (AvgIpc) is 2.72. The normalized spacial score (nSPS) is 18.0. The summed E-state index contributed by atoms with van der Waals surface area (Å²) in [4.78, 5) is 15.4. The van der Waals surface area contributed by atoms with Gasteiger partial charge in [-0.2, -0.15) is 0 Å². The second kappa shape index (κ2) is 4.23. The van der Waals surface area contributed by atoms with Crippen molar-refractivity contribution in [3.8, 4) is 0 Å². The first-order chi connectivity index (χ1) is 6.86. The summed E-state index contributed by atoms with van der Waals surface area (Å²) in [6, 6.07) is 0.119. The largest absolute Gasteiger partial charge is 0.381 e. The van der Waals surface area contributed by atoms with Crippen LogP contribution in [0.1, 0.15) is 12.8 Å². The Morgan fingerprint density at radius 3 is 2.93 bits per heavy atom. The summed E-state index contributed by atoms with van der Waals surface area (Å²) < 4.78 is 6.64. The third-order valence-corrected chi connectivity index (χ3v) is 2.29. The number of carbonyl (C=O) groups excluding carboxylic acids is 1. The number of ether oxygens (including phenoxy) is 1. The molecule has 0 spiro atoms. The maximum absolute atomic E-state index is 11.5. The second-order valence-corrected chi connectivity index (χ2v) is 3.31.